The first-order valence-corrected chi connectivity index (χ1v) is 7.77. The molecule has 1 aliphatic heterocycles. The fourth-order valence-electron chi connectivity index (χ4n) is 3.10. The Morgan fingerprint density at radius 3 is 2.40 bits per heavy atom. The maximum absolute atomic E-state index is 12.6. The van der Waals surface area contributed by atoms with Crippen LogP contribution in [-0.2, 0) is 9.59 Å². The number of piperidine rings is 1. The molecule has 3 N–H and O–H groups in total. The van der Waals surface area contributed by atoms with E-state index in [9.17, 15) is 9.59 Å². The summed E-state index contributed by atoms with van der Waals surface area (Å²) in [5.74, 6) is -0.792. The van der Waals surface area contributed by atoms with Gasteiger partial charge in [-0.05, 0) is 38.8 Å². The summed E-state index contributed by atoms with van der Waals surface area (Å²) >= 11 is 0. The third kappa shape index (κ3) is 4.78. The monoisotopic (exact) mass is 284 g/mol. The van der Waals surface area contributed by atoms with Gasteiger partial charge in [0, 0.05) is 6.04 Å². The van der Waals surface area contributed by atoms with Crippen molar-refractivity contribution in [3.63, 3.8) is 0 Å². The normalized spacial score (nSPS) is 19.3. The Bertz CT molecular complexity index is 320. The van der Waals surface area contributed by atoms with Gasteiger partial charge in [0.15, 0.2) is 0 Å². The minimum Gasteiger partial charge on any atom is -0.481 e. The number of nitrogens with one attached hydrogen (secondary N) is 2. The van der Waals surface area contributed by atoms with Crippen molar-refractivity contribution < 1.29 is 14.7 Å². The fraction of sp³-hybridized carbons (Fsp3) is 0.867. The van der Waals surface area contributed by atoms with Crippen LogP contribution in [0, 0.1) is 5.41 Å². The first-order chi connectivity index (χ1) is 9.54. The average molecular weight is 284 g/mol. The smallest absolute Gasteiger partial charge is 0.305 e. The lowest BCUT2D eigenvalue weighted by Crippen LogP contribution is -2.50. The van der Waals surface area contributed by atoms with E-state index in [0.717, 1.165) is 51.6 Å². The third-order valence-electron chi connectivity index (χ3n) is 4.16. The van der Waals surface area contributed by atoms with Gasteiger partial charge in [0.1, 0.15) is 0 Å². The molecule has 1 saturated heterocycles. The van der Waals surface area contributed by atoms with E-state index < -0.39 is 5.97 Å². The van der Waals surface area contributed by atoms with E-state index in [0.29, 0.717) is 0 Å². The van der Waals surface area contributed by atoms with Gasteiger partial charge in [-0.25, -0.2) is 0 Å². The molecule has 5 nitrogen and oxygen atoms in total. The highest BCUT2D eigenvalue weighted by Gasteiger charge is 2.39. The van der Waals surface area contributed by atoms with Gasteiger partial charge >= 0.3 is 5.97 Å². The van der Waals surface area contributed by atoms with Crippen molar-refractivity contribution in [2.24, 2.45) is 5.41 Å². The molecule has 20 heavy (non-hydrogen) atoms. The van der Waals surface area contributed by atoms with Crippen molar-refractivity contribution in [3.8, 4) is 0 Å². The van der Waals surface area contributed by atoms with Crippen LogP contribution in [0.4, 0.5) is 0 Å². The third-order valence-corrected chi connectivity index (χ3v) is 4.16. The Morgan fingerprint density at radius 2 is 1.90 bits per heavy atom. The molecule has 1 rings (SSSR count). The SMILES string of the molecule is CCCC(CC(=O)O)NC(=O)C1(CCC)CCNCC1. The zero-order chi connectivity index (χ0) is 15.0. The van der Waals surface area contributed by atoms with Gasteiger partial charge in [-0.2, -0.15) is 0 Å². The summed E-state index contributed by atoms with van der Waals surface area (Å²) in [4.78, 5) is 23.5. The Hall–Kier alpha value is -1.10. The molecule has 1 aliphatic rings. The van der Waals surface area contributed by atoms with E-state index in [4.69, 9.17) is 5.11 Å². The van der Waals surface area contributed by atoms with Gasteiger partial charge in [0.25, 0.3) is 0 Å². The zero-order valence-corrected chi connectivity index (χ0v) is 12.7. The number of amides is 1. The maximum Gasteiger partial charge on any atom is 0.305 e. The molecule has 0 aliphatic carbocycles. The van der Waals surface area contributed by atoms with Crippen LogP contribution in [0.2, 0.25) is 0 Å². The summed E-state index contributed by atoms with van der Waals surface area (Å²) in [6.07, 6.45) is 5.16. The second-order valence-corrected chi connectivity index (χ2v) is 5.84. The van der Waals surface area contributed by atoms with Crippen molar-refractivity contribution in [3.05, 3.63) is 0 Å². The molecule has 5 heteroatoms. The molecule has 1 atom stereocenters. The molecule has 0 spiro atoms. The number of aliphatic carboxylic acids is 1. The zero-order valence-electron chi connectivity index (χ0n) is 12.7. The number of carbonyl (C=O) groups excluding carboxylic acids is 1. The van der Waals surface area contributed by atoms with Gasteiger partial charge in [0.05, 0.1) is 11.8 Å². The summed E-state index contributed by atoms with van der Waals surface area (Å²) in [7, 11) is 0. The van der Waals surface area contributed by atoms with E-state index >= 15 is 0 Å². The highest BCUT2D eigenvalue weighted by atomic mass is 16.4. The molecule has 1 amide bonds. The second kappa shape index (κ2) is 8.25. The summed E-state index contributed by atoms with van der Waals surface area (Å²) in [6, 6.07) is -0.242. The standard InChI is InChI=1S/C15H28N2O3/c1-3-5-12(11-13(18)19)17-14(20)15(6-4-2)7-9-16-10-8-15/h12,16H,3-11H2,1-2H3,(H,17,20)(H,18,19). The Kier molecular flexibility index (Phi) is 6.99. The summed E-state index contributed by atoms with van der Waals surface area (Å²) in [5, 5.41) is 15.2. The van der Waals surface area contributed by atoms with Gasteiger partial charge in [-0.1, -0.05) is 26.7 Å². The molecule has 0 aromatic carbocycles. The molecule has 0 aromatic heterocycles. The lowest BCUT2D eigenvalue weighted by atomic mass is 9.74. The molecule has 0 aromatic rings. The van der Waals surface area contributed by atoms with Crippen LogP contribution in [-0.4, -0.2) is 36.1 Å². The summed E-state index contributed by atoms with van der Waals surface area (Å²) in [6.45, 7) is 5.83. The van der Waals surface area contributed by atoms with Crippen LogP contribution in [0.15, 0.2) is 0 Å². The Morgan fingerprint density at radius 1 is 1.25 bits per heavy atom. The number of carboxylic acid groups (broad SMARTS) is 1. The van der Waals surface area contributed by atoms with E-state index in [1.165, 1.54) is 0 Å². The summed E-state index contributed by atoms with van der Waals surface area (Å²) < 4.78 is 0. The quantitative estimate of drug-likeness (QED) is 0.636. The number of hydrogen-bond donors (Lipinski definition) is 3. The number of hydrogen-bond acceptors (Lipinski definition) is 3. The van der Waals surface area contributed by atoms with Gasteiger partial charge in [0.2, 0.25) is 5.91 Å². The molecule has 1 fully saturated rings. The van der Waals surface area contributed by atoms with Gasteiger partial charge in [-0.15, -0.1) is 0 Å². The van der Waals surface area contributed by atoms with E-state index in [-0.39, 0.29) is 23.8 Å². The van der Waals surface area contributed by atoms with Crippen molar-refractivity contribution >= 4 is 11.9 Å². The van der Waals surface area contributed by atoms with Crippen LogP contribution in [0.5, 0.6) is 0 Å². The average Bonchev–Trinajstić information content (AvgIpc) is 2.39. The fourth-order valence-corrected chi connectivity index (χ4v) is 3.10. The molecule has 1 heterocycles. The Labute approximate surface area is 121 Å². The molecule has 0 bridgehead atoms. The Balaban J connectivity index is 2.69. The maximum atomic E-state index is 12.6. The highest BCUT2D eigenvalue weighted by Crippen LogP contribution is 2.34. The predicted molar refractivity (Wildman–Crippen MR) is 78.5 cm³/mol. The van der Waals surface area contributed by atoms with E-state index in [1.54, 1.807) is 0 Å². The van der Waals surface area contributed by atoms with Crippen LogP contribution in [0.25, 0.3) is 0 Å². The van der Waals surface area contributed by atoms with Crippen LogP contribution in [0.3, 0.4) is 0 Å². The topological polar surface area (TPSA) is 78.4 Å². The van der Waals surface area contributed by atoms with Gasteiger partial charge in [-0.3, -0.25) is 9.59 Å². The molecule has 0 saturated carbocycles. The highest BCUT2D eigenvalue weighted by molar-refractivity contribution is 5.83. The largest absolute Gasteiger partial charge is 0.481 e. The molecule has 0 radical (unpaired) electrons. The van der Waals surface area contributed by atoms with Gasteiger partial charge < -0.3 is 15.7 Å². The number of carboxylic acids is 1. The molecule has 1 unspecified atom stereocenters. The van der Waals surface area contributed by atoms with Crippen LogP contribution in [0.1, 0.15) is 58.8 Å². The van der Waals surface area contributed by atoms with Crippen LogP contribution < -0.4 is 10.6 Å². The number of rotatable bonds is 8. The second-order valence-electron chi connectivity index (χ2n) is 5.84. The van der Waals surface area contributed by atoms with Crippen molar-refractivity contribution in [1.29, 1.82) is 0 Å². The van der Waals surface area contributed by atoms with Crippen molar-refractivity contribution in [2.45, 2.75) is 64.8 Å². The lowest BCUT2D eigenvalue weighted by molar-refractivity contribution is -0.138. The predicted octanol–water partition coefficient (Wildman–Crippen LogP) is 1.92. The summed E-state index contributed by atoms with van der Waals surface area (Å²) in [5.41, 5.74) is -0.301. The molecular weight excluding hydrogens is 256 g/mol. The van der Waals surface area contributed by atoms with E-state index in [1.807, 2.05) is 6.92 Å². The van der Waals surface area contributed by atoms with Crippen LogP contribution >= 0.6 is 0 Å². The molecule has 116 valence electrons. The van der Waals surface area contributed by atoms with Crippen molar-refractivity contribution in [1.82, 2.24) is 10.6 Å². The first-order valence-electron chi connectivity index (χ1n) is 7.77. The lowest BCUT2D eigenvalue weighted by Gasteiger charge is -2.37. The minimum atomic E-state index is -0.849. The first kappa shape index (κ1) is 17.0. The minimum absolute atomic E-state index is 0.0139. The molecular formula is C15H28N2O3. The van der Waals surface area contributed by atoms with Crippen molar-refractivity contribution in [2.75, 3.05) is 13.1 Å². The van der Waals surface area contributed by atoms with E-state index in [2.05, 4.69) is 17.6 Å². The number of carbonyl (C=O) groups is 2.